The molecule has 0 aromatic carbocycles. The maximum absolute atomic E-state index is 11.8. The molecule has 0 fully saturated rings. The molecular formula is C7H9F3N2OS. The largest absolute Gasteiger partial charge is 0.401 e. The van der Waals surface area contributed by atoms with Crippen molar-refractivity contribution in [2.24, 2.45) is 0 Å². The van der Waals surface area contributed by atoms with Gasteiger partial charge in [0.2, 0.25) is 0 Å². The maximum Gasteiger partial charge on any atom is 0.401 e. The first-order valence-corrected chi connectivity index (χ1v) is 4.70. The highest BCUT2D eigenvalue weighted by Gasteiger charge is 2.28. The molecule has 7 heteroatoms. The van der Waals surface area contributed by atoms with E-state index < -0.39 is 18.8 Å². The van der Waals surface area contributed by atoms with Crippen molar-refractivity contribution < 1.29 is 18.3 Å². The minimum absolute atomic E-state index is 0.377. The molecule has 1 aromatic heterocycles. The fourth-order valence-corrected chi connectivity index (χ4v) is 1.58. The van der Waals surface area contributed by atoms with Gasteiger partial charge in [0.25, 0.3) is 0 Å². The molecule has 1 aromatic rings. The fourth-order valence-electron chi connectivity index (χ4n) is 0.892. The Morgan fingerprint density at radius 1 is 1.57 bits per heavy atom. The topological polar surface area (TPSA) is 45.1 Å². The lowest BCUT2D eigenvalue weighted by Gasteiger charge is -2.15. The lowest BCUT2D eigenvalue weighted by molar-refractivity contribution is -0.126. The van der Waals surface area contributed by atoms with Gasteiger partial charge in [0.05, 0.1) is 24.7 Å². The molecule has 0 bridgehead atoms. The van der Waals surface area contributed by atoms with Crippen LogP contribution in [0.2, 0.25) is 0 Å². The lowest BCUT2D eigenvalue weighted by Crippen LogP contribution is -2.33. The Labute approximate surface area is 82.6 Å². The molecule has 1 atom stereocenters. The second kappa shape index (κ2) is 4.72. The van der Waals surface area contributed by atoms with E-state index in [-0.39, 0.29) is 6.61 Å². The molecule has 1 unspecified atom stereocenters. The number of halogens is 3. The molecule has 0 spiro atoms. The molecule has 0 radical (unpaired) electrons. The molecule has 1 rings (SSSR count). The summed E-state index contributed by atoms with van der Waals surface area (Å²) in [6.07, 6.45) is -2.83. The number of aromatic nitrogens is 1. The van der Waals surface area contributed by atoms with E-state index in [2.05, 4.69) is 10.3 Å². The van der Waals surface area contributed by atoms with Gasteiger partial charge in [-0.15, -0.1) is 11.3 Å². The number of thiazole rings is 1. The van der Waals surface area contributed by atoms with E-state index in [0.29, 0.717) is 4.88 Å². The zero-order valence-corrected chi connectivity index (χ0v) is 7.90. The van der Waals surface area contributed by atoms with Crippen molar-refractivity contribution in [3.63, 3.8) is 0 Å². The zero-order valence-electron chi connectivity index (χ0n) is 7.08. The molecule has 0 aliphatic carbocycles. The molecule has 0 aliphatic heterocycles. The van der Waals surface area contributed by atoms with Crippen LogP contribution >= 0.6 is 11.3 Å². The second-order valence-electron chi connectivity index (χ2n) is 2.64. The van der Waals surface area contributed by atoms with Crippen LogP contribution in [0.15, 0.2) is 11.7 Å². The van der Waals surface area contributed by atoms with Gasteiger partial charge in [-0.3, -0.25) is 10.3 Å². The van der Waals surface area contributed by atoms with Crippen LogP contribution in [0.3, 0.4) is 0 Å². The van der Waals surface area contributed by atoms with Gasteiger partial charge in [-0.1, -0.05) is 0 Å². The summed E-state index contributed by atoms with van der Waals surface area (Å²) >= 11 is 1.21. The van der Waals surface area contributed by atoms with Gasteiger partial charge in [0.1, 0.15) is 0 Å². The smallest absolute Gasteiger partial charge is 0.394 e. The van der Waals surface area contributed by atoms with Crippen molar-refractivity contribution in [2.45, 2.75) is 12.2 Å². The number of rotatable bonds is 4. The summed E-state index contributed by atoms with van der Waals surface area (Å²) in [6, 6.07) is -0.691. The SMILES string of the molecule is OCC(NCC(F)(F)F)c1cncs1. The minimum atomic E-state index is -4.27. The molecule has 0 saturated carbocycles. The quantitative estimate of drug-likeness (QED) is 0.814. The van der Waals surface area contributed by atoms with E-state index in [0.717, 1.165) is 0 Å². The Bertz CT molecular complexity index is 262. The third kappa shape index (κ3) is 3.60. The molecule has 3 nitrogen and oxygen atoms in total. The number of nitrogens with zero attached hydrogens (tertiary/aromatic N) is 1. The highest BCUT2D eigenvalue weighted by molar-refractivity contribution is 7.09. The molecule has 0 amide bonds. The van der Waals surface area contributed by atoms with Gasteiger partial charge in [-0.05, 0) is 0 Å². The first-order chi connectivity index (χ1) is 6.53. The van der Waals surface area contributed by atoms with Crippen molar-refractivity contribution in [3.05, 3.63) is 16.6 Å². The van der Waals surface area contributed by atoms with Gasteiger partial charge in [-0.25, -0.2) is 0 Å². The number of alkyl halides is 3. The lowest BCUT2D eigenvalue weighted by atomic mass is 10.3. The monoisotopic (exact) mass is 226 g/mol. The van der Waals surface area contributed by atoms with Crippen LogP contribution in [0, 0.1) is 0 Å². The summed E-state index contributed by atoms with van der Waals surface area (Å²) in [7, 11) is 0. The average molecular weight is 226 g/mol. The molecular weight excluding hydrogens is 217 g/mol. The summed E-state index contributed by atoms with van der Waals surface area (Å²) in [5.74, 6) is 0. The first kappa shape index (κ1) is 11.4. The Kier molecular flexibility index (Phi) is 3.85. The van der Waals surface area contributed by atoms with Crippen LogP contribution in [-0.4, -0.2) is 29.4 Å². The minimum Gasteiger partial charge on any atom is -0.394 e. The molecule has 0 saturated heterocycles. The van der Waals surface area contributed by atoms with Crippen LogP contribution in [0.25, 0.3) is 0 Å². The average Bonchev–Trinajstić information content (AvgIpc) is 2.56. The van der Waals surface area contributed by atoms with E-state index in [1.807, 2.05) is 0 Å². The van der Waals surface area contributed by atoms with Gasteiger partial charge in [0.15, 0.2) is 0 Å². The van der Waals surface area contributed by atoms with Crippen molar-refractivity contribution >= 4 is 11.3 Å². The normalized spacial score (nSPS) is 14.3. The van der Waals surface area contributed by atoms with Crippen LogP contribution < -0.4 is 5.32 Å². The highest BCUT2D eigenvalue weighted by atomic mass is 32.1. The Morgan fingerprint density at radius 2 is 2.29 bits per heavy atom. The van der Waals surface area contributed by atoms with Gasteiger partial charge >= 0.3 is 6.18 Å². The Morgan fingerprint density at radius 3 is 2.71 bits per heavy atom. The first-order valence-electron chi connectivity index (χ1n) is 3.82. The predicted octanol–water partition coefficient (Wildman–Crippen LogP) is 1.33. The third-order valence-corrected chi connectivity index (χ3v) is 2.42. The van der Waals surface area contributed by atoms with Crippen molar-refractivity contribution in [1.82, 2.24) is 10.3 Å². The number of hydrogen-bond acceptors (Lipinski definition) is 4. The van der Waals surface area contributed by atoms with Crippen molar-refractivity contribution in [3.8, 4) is 0 Å². The zero-order chi connectivity index (χ0) is 10.6. The van der Waals surface area contributed by atoms with Crippen LogP contribution in [0.5, 0.6) is 0 Å². The molecule has 2 N–H and O–H groups in total. The molecule has 80 valence electrons. The van der Waals surface area contributed by atoms with E-state index in [1.165, 1.54) is 23.0 Å². The molecule has 1 heterocycles. The fraction of sp³-hybridized carbons (Fsp3) is 0.571. The van der Waals surface area contributed by atoms with Crippen LogP contribution in [0.4, 0.5) is 13.2 Å². The standard InChI is InChI=1S/C7H9F3N2OS/c8-7(9,10)3-12-5(2-13)6-1-11-4-14-6/h1,4-5,12-13H,2-3H2. The number of aliphatic hydroxyl groups excluding tert-OH is 1. The van der Waals surface area contributed by atoms with Gasteiger partial charge < -0.3 is 5.11 Å². The second-order valence-corrected chi connectivity index (χ2v) is 3.55. The van der Waals surface area contributed by atoms with Crippen molar-refractivity contribution in [1.29, 1.82) is 0 Å². The summed E-state index contributed by atoms with van der Waals surface area (Å²) in [6.45, 7) is -1.49. The highest BCUT2D eigenvalue weighted by Crippen LogP contribution is 2.19. The number of aliphatic hydroxyl groups is 1. The summed E-state index contributed by atoms with van der Waals surface area (Å²) in [5, 5.41) is 11.1. The van der Waals surface area contributed by atoms with E-state index >= 15 is 0 Å². The molecule has 0 aliphatic rings. The summed E-state index contributed by atoms with van der Waals surface area (Å²) in [5.41, 5.74) is 1.51. The molecule has 14 heavy (non-hydrogen) atoms. The van der Waals surface area contributed by atoms with Crippen molar-refractivity contribution in [2.75, 3.05) is 13.2 Å². The maximum atomic E-state index is 11.8. The predicted molar refractivity (Wildman–Crippen MR) is 46.0 cm³/mol. The van der Waals surface area contributed by atoms with Crippen LogP contribution in [0.1, 0.15) is 10.9 Å². The van der Waals surface area contributed by atoms with E-state index in [9.17, 15) is 13.2 Å². The van der Waals surface area contributed by atoms with E-state index in [4.69, 9.17) is 5.11 Å². The van der Waals surface area contributed by atoms with Crippen LogP contribution in [-0.2, 0) is 0 Å². The Hall–Kier alpha value is -0.660. The summed E-state index contributed by atoms with van der Waals surface area (Å²) < 4.78 is 35.5. The third-order valence-electron chi connectivity index (χ3n) is 1.53. The Balaban J connectivity index is 2.49. The number of hydrogen-bond donors (Lipinski definition) is 2. The van der Waals surface area contributed by atoms with E-state index in [1.54, 1.807) is 0 Å². The van der Waals surface area contributed by atoms with Gasteiger partial charge in [-0.2, -0.15) is 13.2 Å². The summed E-state index contributed by atoms with van der Waals surface area (Å²) in [4.78, 5) is 4.32. The number of nitrogens with one attached hydrogen (secondary N) is 1. The van der Waals surface area contributed by atoms with Gasteiger partial charge in [0, 0.05) is 11.1 Å².